The molecule has 2 aromatic carbocycles. The highest BCUT2D eigenvalue weighted by molar-refractivity contribution is 6.29. The molecule has 2 N–H and O–H groups in total. The maximum Gasteiger partial charge on any atom is 0.253 e. The molecule has 2 aromatic rings. The van der Waals surface area contributed by atoms with Crippen LogP contribution in [0.2, 0.25) is 0 Å². The highest BCUT2D eigenvalue weighted by atomic mass is 35.5. The number of halogens is 1. The SMILES string of the molecule is COCCNC(=O)c1cc(NC(=O)CCl)ccc1N1CCN(c2ccccc2OC)CC1. The van der Waals surface area contributed by atoms with Crippen LogP contribution in [0, 0.1) is 0 Å². The van der Waals surface area contributed by atoms with E-state index in [1.807, 2.05) is 24.3 Å². The number of methoxy groups -OCH3 is 2. The third kappa shape index (κ3) is 5.83. The molecule has 3 rings (SSSR count). The van der Waals surface area contributed by atoms with Crippen molar-refractivity contribution in [1.29, 1.82) is 0 Å². The zero-order valence-corrected chi connectivity index (χ0v) is 19.2. The van der Waals surface area contributed by atoms with Crippen molar-refractivity contribution in [2.75, 3.05) is 74.5 Å². The summed E-state index contributed by atoms with van der Waals surface area (Å²) in [6.07, 6.45) is 0. The summed E-state index contributed by atoms with van der Waals surface area (Å²) in [6.45, 7) is 3.87. The van der Waals surface area contributed by atoms with Crippen molar-refractivity contribution in [2.24, 2.45) is 0 Å². The Bertz CT molecular complexity index is 932. The molecular weight excluding hydrogens is 432 g/mol. The van der Waals surface area contributed by atoms with Crippen molar-refractivity contribution in [3.8, 4) is 5.75 Å². The molecule has 0 radical (unpaired) electrons. The molecule has 32 heavy (non-hydrogen) atoms. The number of carbonyl (C=O) groups is 2. The molecule has 1 aliphatic heterocycles. The molecule has 1 fully saturated rings. The summed E-state index contributed by atoms with van der Waals surface area (Å²) in [5.74, 6) is 0.155. The summed E-state index contributed by atoms with van der Waals surface area (Å²) in [5, 5.41) is 5.58. The Labute approximate surface area is 193 Å². The van der Waals surface area contributed by atoms with Gasteiger partial charge in [-0.25, -0.2) is 0 Å². The van der Waals surface area contributed by atoms with Crippen LogP contribution in [0.4, 0.5) is 17.1 Å². The largest absolute Gasteiger partial charge is 0.495 e. The number of hydrogen-bond donors (Lipinski definition) is 2. The normalized spacial score (nSPS) is 13.6. The molecular formula is C23H29ClN4O4. The lowest BCUT2D eigenvalue weighted by molar-refractivity contribution is -0.113. The second-order valence-electron chi connectivity index (χ2n) is 7.31. The van der Waals surface area contributed by atoms with Gasteiger partial charge >= 0.3 is 0 Å². The van der Waals surface area contributed by atoms with Crippen LogP contribution in [-0.4, -0.2) is 71.2 Å². The van der Waals surface area contributed by atoms with Gasteiger partial charge in [0.25, 0.3) is 5.91 Å². The fraction of sp³-hybridized carbons (Fsp3) is 0.391. The standard InChI is InChI=1S/C23H29ClN4O4/c1-31-14-9-25-23(30)18-15-17(26-22(29)16-24)7-8-19(18)27-10-12-28(13-11-27)20-5-3-4-6-21(20)32-2/h3-8,15H,9-14,16H2,1-2H3,(H,25,30)(H,26,29). The topological polar surface area (TPSA) is 83.1 Å². The Balaban J connectivity index is 1.78. The summed E-state index contributed by atoms with van der Waals surface area (Å²) < 4.78 is 10.5. The fourth-order valence-corrected chi connectivity index (χ4v) is 3.77. The van der Waals surface area contributed by atoms with E-state index in [-0.39, 0.29) is 17.7 Å². The number of amides is 2. The van der Waals surface area contributed by atoms with Crippen LogP contribution in [-0.2, 0) is 9.53 Å². The van der Waals surface area contributed by atoms with Gasteiger partial charge in [-0.3, -0.25) is 9.59 Å². The van der Waals surface area contributed by atoms with E-state index in [2.05, 4.69) is 26.5 Å². The van der Waals surface area contributed by atoms with Crippen molar-refractivity contribution in [1.82, 2.24) is 5.32 Å². The summed E-state index contributed by atoms with van der Waals surface area (Å²) in [4.78, 5) is 29.1. The summed E-state index contributed by atoms with van der Waals surface area (Å²) in [5.41, 5.74) is 2.91. The molecule has 8 nitrogen and oxygen atoms in total. The van der Waals surface area contributed by atoms with Gasteiger partial charge in [-0.05, 0) is 30.3 Å². The maximum atomic E-state index is 12.9. The minimum absolute atomic E-state index is 0.151. The summed E-state index contributed by atoms with van der Waals surface area (Å²) in [7, 11) is 3.26. The first-order valence-electron chi connectivity index (χ1n) is 10.5. The van der Waals surface area contributed by atoms with E-state index >= 15 is 0 Å². The molecule has 0 spiro atoms. The molecule has 9 heteroatoms. The molecule has 0 aliphatic carbocycles. The van der Waals surface area contributed by atoms with Gasteiger partial charge in [0.05, 0.1) is 25.0 Å². The van der Waals surface area contributed by atoms with Gasteiger partial charge in [-0.2, -0.15) is 0 Å². The zero-order valence-electron chi connectivity index (χ0n) is 18.4. The first-order valence-corrected chi connectivity index (χ1v) is 11.0. The van der Waals surface area contributed by atoms with Gasteiger partial charge in [-0.15, -0.1) is 11.6 Å². The molecule has 0 atom stereocenters. The molecule has 0 unspecified atom stereocenters. The van der Waals surface area contributed by atoms with Crippen molar-refractivity contribution < 1.29 is 19.1 Å². The average molecular weight is 461 g/mol. The first-order chi connectivity index (χ1) is 15.6. The van der Waals surface area contributed by atoms with Crippen LogP contribution < -0.4 is 25.2 Å². The molecule has 1 saturated heterocycles. The van der Waals surface area contributed by atoms with Gasteiger partial charge in [0.2, 0.25) is 5.91 Å². The van der Waals surface area contributed by atoms with E-state index in [0.29, 0.717) is 24.4 Å². The van der Waals surface area contributed by atoms with E-state index in [1.165, 1.54) is 0 Å². The number of anilines is 3. The van der Waals surface area contributed by atoms with Gasteiger partial charge in [0.15, 0.2) is 0 Å². The van der Waals surface area contributed by atoms with E-state index in [4.69, 9.17) is 21.1 Å². The highest BCUT2D eigenvalue weighted by Gasteiger charge is 2.23. The van der Waals surface area contributed by atoms with Gasteiger partial charge in [0.1, 0.15) is 11.6 Å². The lowest BCUT2D eigenvalue weighted by atomic mass is 10.1. The third-order valence-electron chi connectivity index (χ3n) is 5.28. The van der Waals surface area contributed by atoms with Crippen molar-refractivity contribution in [3.05, 3.63) is 48.0 Å². The van der Waals surface area contributed by atoms with E-state index < -0.39 is 0 Å². The van der Waals surface area contributed by atoms with Gasteiger partial charge < -0.3 is 29.9 Å². The number of benzene rings is 2. The van der Waals surface area contributed by atoms with Gasteiger partial charge in [-0.1, -0.05) is 12.1 Å². The molecule has 1 aliphatic rings. The molecule has 172 valence electrons. The zero-order chi connectivity index (χ0) is 22.9. The molecule has 1 heterocycles. The Morgan fingerprint density at radius 3 is 2.34 bits per heavy atom. The Morgan fingerprint density at radius 1 is 1.00 bits per heavy atom. The quantitative estimate of drug-likeness (QED) is 0.442. The van der Waals surface area contributed by atoms with E-state index in [0.717, 1.165) is 43.3 Å². The second kappa shape index (κ2) is 11.6. The van der Waals surface area contributed by atoms with Crippen LogP contribution in [0.1, 0.15) is 10.4 Å². The predicted molar refractivity (Wildman–Crippen MR) is 127 cm³/mol. The smallest absolute Gasteiger partial charge is 0.253 e. The first kappa shape index (κ1) is 23.7. The number of carbonyl (C=O) groups excluding carboxylic acids is 2. The lowest BCUT2D eigenvalue weighted by Gasteiger charge is -2.38. The molecule has 0 bridgehead atoms. The molecule has 0 saturated carbocycles. The van der Waals surface area contributed by atoms with Crippen LogP contribution in [0.3, 0.4) is 0 Å². The number of rotatable bonds is 9. The van der Waals surface area contributed by atoms with E-state index in [1.54, 1.807) is 26.4 Å². The molecule has 0 aromatic heterocycles. The highest BCUT2D eigenvalue weighted by Crippen LogP contribution is 2.31. The number of ether oxygens (including phenoxy) is 2. The minimum atomic E-state index is -0.324. The van der Waals surface area contributed by atoms with Crippen molar-refractivity contribution >= 4 is 40.5 Å². The van der Waals surface area contributed by atoms with Crippen LogP contribution >= 0.6 is 11.6 Å². The number of para-hydroxylation sites is 2. The Hall–Kier alpha value is -2.97. The number of alkyl halides is 1. The minimum Gasteiger partial charge on any atom is -0.495 e. The second-order valence-corrected chi connectivity index (χ2v) is 7.58. The Kier molecular flexibility index (Phi) is 8.58. The third-order valence-corrected chi connectivity index (χ3v) is 5.53. The lowest BCUT2D eigenvalue weighted by Crippen LogP contribution is -2.47. The van der Waals surface area contributed by atoms with Crippen molar-refractivity contribution in [3.63, 3.8) is 0 Å². The van der Waals surface area contributed by atoms with E-state index in [9.17, 15) is 9.59 Å². The number of hydrogen-bond acceptors (Lipinski definition) is 6. The average Bonchev–Trinajstić information content (AvgIpc) is 2.84. The Morgan fingerprint density at radius 2 is 1.69 bits per heavy atom. The van der Waals surface area contributed by atoms with Crippen LogP contribution in [0.25, 0.3) is 0 Å². The van der Waals surface area contributed by atoms with Crippen molar-refractivity contribution in [2.45, 2.75) is 0 Å². The van der Waals surface area contributed by atoms with Crippen LogP contribution in [0.15, 0.2) is 42.5 Å². The fourth-order valence-electron chi connectivity index (χ4n) is 3.71. The van der Waals surface area contributed by atoms with Crippen LogP contribution in [0.5, 0.6) is 5.75 Å². The number of nitrogens with one attached hydrogen (secondary N) is 2. The summed E-state index contributed by atoms with van der Waals surface area (Å²) >= 11 is 5.60. The maximum absolute atomic E-state index is 12.9. The van der Waals surface area contributed by atoms with Gasteiger partial charge in [0, 0.05) is 51.2 Å². The monoisotopic (exact) mass is 460 g/mol. The number of piperazine rings is 1. The predicted octanol–water partition coefficient (Wildman–Crippen LogP) is 2.58. The summed E-state index contributed by atoms with van der Waals surface area (Å²) in [6, 6.07) is 13.3. The number of nitrogens with zero attached hydrogens (tertiary/aromatic N) is 2. The molecule has 2 amide bonds.